The number of rotatable bonds is 9. The second-order valence-electron chi connectivity index (χ2n) is 6.01. The molecule has 0 fully saturated rings. The SMILES string of the molecule is CCOCCCNC(=NCC(=O)N(C)C)N(C)Cc1ccc(Cl)c(Cl)c1. The standard InChI is InChI=1S/C18H28Cl2N4O2/c1-5-26-10-6-9-21-18(22-12-17(25)23(2)3)24(4)13-14-7-8-15(19)16(20)11-14/h7-8,11H,5-6,9-10,12-13H2,1-4H3,(H,21,22). The fraction of sp³-hybridized carbons (Fsp3) is 0.556. The van der Waals surface area contributed by atoms with E-state index in [0.717, 1.165) is 12.0 Å². The Morgan fingerprint density at radius 2 is 1.96 bits per heavy atom. The molecule has 8 heteroatoms. The Labute approximate surface area is 166 Å². The highest BCUT2D eigenvalue weighted by Crippen LogP contribution is 2.23. The number of nitrogens with zero attached hydrogens (tertiary/aromatic N) is 3. The third-order valence-corrected chi connectivity index (χ3v) is 4.32. The number of likely N-dealkylation sites (N-methyl/N-ethyl adjacent to an activating group) is 1. The van der Waals surface area contributed by atoms with Gasteiger partial charge in [-0.2, -0.15) is 0 Å². The van der Waals surface area contributed by atoms with Gasteiger partial charge in [0, 0.05) is 47.4 Å². The normalized spacial score (nSPS) is 11.4. The minimum atomic E-state index is -0.0541. The molecule has 0 saturated carbocycles. The maximum atomic E-state index is 11.8. The van der Waals surface area contributed by atoms with Crippen molar-refractivity contribution in [3.05, 3.63) is 33.8 Å². The first-order chi connectivity index (χ1) is 12.3. The van der Waals surface area contributed by atoms with Crippen LogP contribution < -0.4 is 5.32 Å². The summed E-state index contributed by atoms with van der Waals surface area (Å²) >= 11 is 12.1. The van der Waals surface area contributed by atoms with Gasteiger partial charge in [-0.3, -0.25) is 4.79 Å². The van der Waals surface area contributed by atoms with Gasteiger partial charge in [-0.15, -0.1) is 0 Å². The fourth-order valence-corrected chi connectivity index (χ4v) is 2.42. The molecular formula is C18H28Cl2N4O2. The van der Waals surface area contributed by atoms with Gasteiger partial charge in [-0.25, -0.2) is 4.99 Å². The quantitative estimate of drug-likeness (QED) is 0.391. The van der Waals surface area contributed by atoms with Crippen LogP contribution in [0.3, 0.4) is 0 Å². The van der Waals surface area contributed by atoms with Crippen LogP contribution in [0.4, 0.5) is 0 Å². The van der Waals surface area contributed by atoms with Crippen LogP contribution in [0.5, 0.6) is 0 Å². The molecule has 26 heavy (non-hydrogen) atoms. The summed E-state index contributed by atoms with van der Waals surface area (Å²) in [4.78, 5) is 19.8. The first-order valence-electron chi connectivity index (χ1n) is 8.56. The van der Waals surface area contributed by atoms with Crippen LogP contribution >= 0.6 is 23.2 Å². The maximum Gasteiger partial charge on any atom is 0.243 e. The zero-order valence-electron chi connectivity index (χ0n) is 15.9. The summed E-state index contributed by atoms with van der Waals surface area (Å²) in [6.07, 6.45) is 0.856. The zero-order valence-corrected chi connectivity index (χ0v) is 17.4. The van der Waals surface area contributed by atoms with Crippen LogP contribution in [0.1, 0.15) is 18.9 Å². The molecule has 6 nitrogen and oxygen atoms in total. The van der Waals surface area contributed by atoms with Gasteiger partial charge >= 0.3 is 0 Å². The van der Waals surface area contributed by atoms with Crippen molar-refractivity contribution < 1.29 is 9.53 Å². The Morgan fingerprint density at radius 3 is 2.58 bits per heavy atom. The van der Waals surface area contributed by atoms with E-state index in [1.165, 1.54) is 4.90 Å². The second-order valence-corrected chi connectivity index (χ2v) is 6.82. The van der Waals surface area contributed by atoms with Crippen LogP contribution in [0, 0.1) is 0 Å². The first-order valence-corrected chi connectivity index (χ1v) is 9.32. The monoisotopic (exact) mass is 402 g/mol. The number of ether oxygens (including phenoxy) is 1. The number of carbonyl (C=O) groups excluding carboxylic acids is 1. The number of guanidine groups is 1. The highest BCUT2D eigenvalue weighted by molar-refractivity contribution is 6.42. The van der Waals surface area contributed by atoms with Crippen LogP contribution in [0.2, 0.25) is 10.0 Å². The molecule has 0 aliphatic heterocycles. The molecule has 0 aliphatic carbocycles. The highest BCUT2D eigenvalue weighted by Gasteiger charge is 2.10. The number of halogens is 2. The van der Waals surface area contributed by atoms with E-state index in [2.05, 4.69) is 10.3 Å². The van der Waals surface area contributed by atoms with Crippen LogP contribution in [0.15, 0.2) is 23.2 Å². The van der Waals surface area contributed by atoms with Gasteiger partial charge in [0.25, 0.3) is 0 Å². The van der Waals surface area contributed by atoms with E-state index in [1.807, 2.05) is 31.0 Å². The number of nitrogens with one attached hydrogen (secondary N) is 1. The number of hydrogen-bond acceptors (Lipinski definition) is 3. The summed E-state index contributed by atoms with van der Waals surface area (Å²) in [5, 5.41) is 4.33. The lowest BCUT2D eigenvalue weighted by Gasteiger charge is -2.23. The van der Waals surface area contributed by atoms with Crippen molar-refractivity contribution in [3.63, 3.8) is 0 Å². The third-order valence-electron chi connectivity index (χ3n) is 3.58. The molecule has 146 valence electrons. The van der Waals surface area contributed by atoms with Gasteiger partial charge in [0.15, 0.2) is 5.96 Å². The minimum Gasteiger partial charge on any atom is -0.382 e. The van der Waals surface area contributed by atoms with E-state index in [4.69, 9.17) is 27.9 Å². The average Bonchev–Trinajstić information content (AvgIpc) is 2.60. The smallest absolute Gasteiger partial charge is 0.243 e. The average molecular weight is 403 g/mol. The van der Waals surface area contributed by atoms with Gasteiger partial charge in [0.05, 0.1) is 10.0 Å². The Bertz CT molecular complexity index is 609. The molecule has 1 N–H and O–H groups in total. The van der Waals surface area contributed by atoms with E-state index < -0.39 is 0 Å². The van der Waals surface area contributed by atoms with Crippen molar-refractivity contribution in [2.75, 3.05) is 47.4 Å². The Morgan fingerprint density at radius 1 is 1.23 bits per heavy atom. The predicted molar refractivity (Wildman–Crippen MR) is 108 cm³/mol. The first kappa shape index (κ1) is 22.5. The molecule has 0 atom stereocenters. The molecule has 1 rings (SSSR count). The van der Waals surface area contributed by atoms with Crippen molar-refractivity contribution in [2.45, 2.75) is 19.9 Å². The predicted octanol–water partition coefficient (Wildman–Crippen LogP) is 2.89. The maximum absolute atomic E-state index is 11.8. The number of benzene rings is 1. The molecule has 0 heterocycles. The van der Waals surface area contributed by atoms with Crippen LogP contribution in [-0.4, -0.2) is 69.1 Å². The van der Waals surface area contributed by atoms with Crippen molar-refractivity contribution in [2.24, 2.45) is 4.99 Å². The molecule has 0 spiro atoms. The van der Waals surface area contributed by atoms with E-state index in [-0.39, 0.29) is 12.5 Å². The van der Waals surface area contributed by atoms with Crippen LogP contribution in [-0.2, 0) is 16.1 Å². The molecule has 0 bridgehead atoms. The summed E-state index contributed by atoms with van der Waals surface area (Å²) < 4.78 is 5.34. The molecule has 1 aromatic rings. The Balaban J connectivity index is 2.75. The second kappa shape index (κ2) is 12.0. The van der Waals surface area contributed by atoms with Gasteiger partial charge in [0.1, 0.15) is 6.54 Å². The summed E-state index contributed by atoms with van der Waals surface area (Å²) in [5.41, 5.74) is 1.00. The van der Waals surface area contributed by atoms with Gasteiger partial charge < -0.3 is 19.9 Å². The molecule has 0 aromatic heterocycles. The number of aliphatic imine (C=N–C) groups is 1. The van der Waals surface area contributed by atoms with Crippen LogP contribution in [0.25, 0.3) is 0 Å². The van der Waals surface area contributed by atoms with E-state index >= 15 is 0 Å². The third kappa shape index (κ3) is 8.25. The molecule has 1 aromatic carbocycles. The fourth-order valence-electron chi connectivity index (χ4n) is 2.10. The lowest BCUT2D eigenvalue weighted by atomic mass is 10.2. The van der Waals surface area contributed by atoms with Crippen molar-refractivity contribution in [3.8, 4) is 0 Å². The van der Waals surface area contributed by atoms with E-state index in [1.54, 1.807) is 20.2 Å². The van der Waals surface area contributed by atoms with Crippen molar-refractivity contribution in [1.29, 1.82) is 0 Å². The number of carbonyl (C=O) groups is 1. The lowest BCUT2D eigenvalue weighted by molar-refractivity contribution is -0.127. The Kier molecular flexibility index (Phi) is 10.4. The van der Waals surface area contributed by atoms with E-state index in [9.17, 15) is 4.79 Å². The Hall–Kier alpha value is -1.50. The van der Waals surface area contributed by atoms with E-state index in [0.29, 0.717) is 42.3 Å². The molecule has 0 saturated heterocycles. The summed E-state index contributed by atoms with van der Waals surface area (Å²) in [6, 6.07) is 5.52. The largest absolute Gasteiger partial charge is 0.382 e. The van der Waals surface area contributed by atoms with Crippen molar-refractivity contribution in [1.82, 2.24) is 15.1 Å². The van der Waals surface area contributed by atoms with Gasteiger partial charge in [0.2, 0.25) is 5.91 Å². The van der Waals surface area contributed by atoms with Gasteiger partial charge in [-0.1, -0.05) is 29.3 Å². The van der Waals surface area contributed by atoms with Crippen molar-refractivity contribution >= 4 is 35.1 Å². The summed E-state index contributed by atoms with van der Waals surface area (Å²) in [5.74, 6) is 0.601. The van der Waals surface area contributed by atoms with Gasteiger partial charge in [-0.05, 0) is 31.0 Å². The number of hydrogen-bond donors (Lipinski definition) is 1. The number of amides is 1. The summed E-state index contributed by atoms with van der Waals surface area (Å²) in [7, 11) is 5.34. The minimum absolute atomic E-state index is 0.0541. The molecule has 1 amide bonds. The molecule has 0 aliphatic rings. The molecular weight excluding hydrogens is 375 g/mol. The topological polar surface area (TPSA) is 57.2 Å². The molecule has 0 radical (unpaired) electrons. The molecule has 0 unspecified atom stereocenters. The highest BCUT2D eigenvalue weighted by atomic mass is 35.5. The zero-order chi connectivity index (χ0) is 19.5. The lowest BCUT2D eigenvalue weighted by Crippen LogP contribution is -2.40. The summed E-state index contributed by atoms with van der Waals surface area (Å²) in [6.45, 7) is 4.75.